The summed E-state index contributed by atoms with van der Waals surface area (Å²) >= 11 is 17.7. The van der Waals surface area contributed by atoms with E-state index in [1.807, 2.05) is 6.92 Å². The molecule has 0 saturated heterocycles. The van der Waals surface area contributed by atoms with Gasteiger partial charge in [0.15, 0.2) is 5.69 Å². The minimum absolute atomic E-state index is 0.0634. The first-order valence-corrected chi connectivity index (χ1v) is 8.86. The highest BCUT2D eigenvalue weighted by molar-refractivity contribution is 6.42. The summed E-state index contributed by atoms with van der Waals surface area (Å²) < 4.78 is 5.25. The van der Waals surface area contributed by atoms with E-state index in [2.05, 4.69) is 15.6 Å². The topological polar surface area (TPSA) is 80.3 Å². The first-order valence-electron chi connectivity index (χ1n) is 7.73. The predicted octanol–water partition coefficient (Wildman–Crippen LogP) is 3.60. The number of carbonyl (C=O) groups is 2. The van der Waals surface area contributed by atoms with Crippen molar-refractivity contribution in [2.45, 2.75) is 6.92 Å². The maximum absolute atomic E-state index is 12.2. The van der Waals surface area contributed by atoms with Crippen molar-refractivity contribution >= 4 is 46.6 Å². The Morgan fingerprint density at radius 1 is 0.962 bits per heavy atom. The Labute approximate surface area is 165 Å². The number of rotatable bonds is 7. The van der Waals surface area contributed by atoms with E-state index in [0.717, 1.165) is 0 Å². The number of hydrogen-bond donors (Lipinski definition) is 2. The first kappa shape index (κ1) is 20.3. The van der Waals surface area contributed by atoms with E-state index in [0.29, 0.717) is 28.1 Å². The number of benzene rings is 1. The number of aromatic nitrogens is 1. The second-order valence-electron chi connectivity index (χ2n) is 5.05. The Morgan fingerprint density at radius 2 is 1.62 bits per heavy atom. The van der Waals surface area contributed by atoms with Crippen LogP contribution in [-0.4, -0.2) is 36.5 Å². The molecule has 26 heavy (non-hydrogen) atoms. The molecule has 138 valence electrons. The Morgan fingerprint density at radius 3 is 2.27 bits per heavy atom. The van der Waals surface area contributed by atoms with Crippen LogP contribution in [0.1, 0.15) is 27.8 Å². The van der Waals surface area contributed by atoms with Gasteiger partial charge in [0.05, 0.1) is 21.7 Å². The summed E-state index contributed by atoms with van der Waals surface area (Å²) in [4.78, 5) is 28.2. The zero-order chi connectivity index (χ0) is 19.1. The summed E-state index contributed by atoms with van der Waals surface area (Å²) in [6, 6.07) is 7.70. The average Bonchev–Trinajstić information content (AvgIpc) is 2.62. The van der Waals surface area contributed by atoms with Crippen LogP contribution in [0.3, 0.4) is 0 Å². The van der Waals surface area contributed by atoms with E-state index < -0.39 is 5.91 Å². The largest absolute Gasteiger partial charge is 0.478 e. The Kier molecular flexibility index (Phi) is 7.50. The minimum Gasteiger partial charge on any atom is -0.478 e. The number of pyridine rings is 1. The molecule has 0 spiro atoms. The second-order valence-corrected chi connectivity index (χ2v) is 6.28. The van der Waals surface area contributed by atoms with Gasteiger partial charge in [-0.3, -0.25) is 9.59 Å². The molecule has 0 bridgehead atoms. The molecule has 6 nitrogen and oxygen atoms in total. The van der Waals surface area contributed by atoms with E-state index in [9.17, 15) is 9.59 Å². The number of hydrogen-bond acceptors (Lipinski definition) is 4. The molecule has 0 aliphatic rings. The number of carbonyl (C=O) groups excluding carboxylic acids is 2. The van der Waals surface area contributed by atoms with Gasteiger partial charge in [-0.2, -0.15) is 0 Å². The van der Waals surface area contributed by atoms with Crippen molar-refractivity contribution in [1.82, 2.24) is 15.6 Å². The van der Waals surface area contributed by atoms with Gasteiger partial charge in [0, 0.05) is 24.7 Å². The zero-order valence-corrected chi connectivity index (χ0v) is 16.1. The lowest BCUT2D eigenvalue weighted by Crippen LogP contribution is -2.35. The van der Waals surface area contributed by atoms with Crippen LogP contribution in [0.5, 0.6) is 5.88 Å². The van der Waals surface area contributed by atoms with Gasteiger partial charge in [0.25, 0.3) is 11.8 Å². The second kappa shape index (κ2) is 9.62. The standard InChI is InChI=1S/C17H16Cl3N3O3/c1-2-26-14-6-5-12(19)15(23-14)17(25)22-8-7-21-16(24)10-3-4-11(18)13(20)9-10/h3-6,9H,2,7-8H2,1H3,(H,21,24)(H,22,25). The fourth-order valence-corrected chi connectivity index (χ4v) is 2.48. The summed E-state index contributed by atoms with van der Waals surface area (Å²) in [5.74, 6) is -0.470. The lowest BCUT2D eigenvalue weighted by molar-refractivity contribution is 0.0924. The van der Waals surface area contributed by atoms with E-state index in [1.165, 1.54) is 6.07 Å². The SMILES string of the molecule is CCOc1ccc(Cl)c(C(=O)NCCNC(=O)c2ccc(Cl)c(Cl)c2)n1. The number of nitrogens with zero attached hydrogens (tertiary/aromatic N) is 1. The number of nitrogens with one attached hydrogen (secondary N) is 2. The monoisotopic (exact) mass is 415 g/mol. The van der Waals surface area contributed by atoms with Gasteiger partial charge < -0.3 is 15.4 Å². The van der Waals surface area contributed by atoms with Gasteiger partial charge >= 0.3 is 0 Å². The lowest BCUT2D eigenvalue weighted by atomic mass is 10.2. The summed E-state index contributed by atoms with van der Waals surface area (Å²) in [6.45, 7) is 2.65. The minimum atomic E-state index is -0.458. The molecule has 2 aromatic rings. The van der Waals surface area contributed by atoms with Crippen molar-refractivity contribution in [3.8, 4) is 5.88 Å². The molecule has 0 saturated carbocycles. The number of amides is 2. The third-order valence-corrected chi connectivity index (χ3v) is 4.25. The highest BCUT2D eigenvalue weighted by Crippen LogP contribution is 2.22. The van der Waals surface area contributed by atoms with Gasteiger partial charge in [0.1, 0.15) is 0 Å². The number of ether oxygens (including phenoxy) is 1. The van der Waals surface area contributed by atoms with Crippen LogP contribution < -0.4 is 15.4 Å². The molecule has 1 heterocycles. The zero-order valence-electron chi connectivity index (χ0n) is 13.8. The van der Waals surface area contributed by atoms with Crippen molar-refractivity contribution in [3.05, 3.63) is 56.7 Å². The van der Waals surface area contributed by atoms with Crippen molar-refractivity contribution in [2.75, 3.05) is 19.7 Å². The molecule has 0 unspecified atom stereocenters. The Bertz CT molecular complexity index is 815. The number of halogens is 3. The predicted molar refractivity (Wildman–Crippen MR) is 102 cm³/mol. The van der Waals surface area contributed by atoms with Crippen LogP contribution in [-0.2, 0) is 0 Å². The maximum atomic E-state index is 12.2. The molecule has 0 aliphatic carbocycles. The van der Waals surface area contributed by atoms with Crippen molar-refractivity contribution in [2.24, 2.45) is 0 Å². The normalized spacial score (nSPS) is 10.3. The van der Waals surface area contributed by atoms with Gasteiger partial charge in [-0.05, 0) is 31.2 Å². The molecule has 2 amide bonds. The molecule has 2 N–H and O–H groups in total. The van der Waals surface area contributed by atoms with Crippen LogP contribution in [0.4, 0.5) is 0 Å². The maximum Gasteiger partial charge on any atom is 0.271 e. The molecule has 0 aliphatic heterocycles. The third-order valence-electron chi connectivity index (χ3n) is 3.21. The molecule has 0 atom stereocenters. The molecule has 2 rings (SSSR count). The van der Waals surface area contributed by atoms with Crippen LogP contribution in [0, 0.1) is 0 Å². The highest BCUT2D eigenvalue weighted by atomic mass is 35.5. The van der Waals surface area contributed by atoms with Gasteiger partial charge in [0.2, 0.25) is 5.88 Å². The van der Waals surface area contributed by atoms with Gasteiger partial charge in [-0.1, -0.05) is 34.8 Å². The lowest BCUT2D eigenvalue weighted by Gasteiger charge is -2.09. The first-order chi connectivity index (χ1) is 12.4. The van der Waals surface area contributed by atoms with Crippen LogP contribution in [0.25, 0.3) is 0 Å². The van der Waals surface area contributed by atoms with Crippen molar-refractivity contribution in [1.29, 1.82) is 0 Å². The summed E-state index contributed by atoms with van der Waals surface area (Å²) in [6.07, 6.45) is 0. The molecule has 1 aromatic carbocycles. The quantitative estimate of drug-likeness (QED) is 0.676. The Hall–Kier alpha value is -2.02. The van der Waals surface area contributed by atoms with E-state index >= 15 is 0 Å². The van der Waals surface area contributed by atoms with E-state index in [-0.39, 0.29) is 29.7 Å². The molecule has 0 radical (unpaired) electrons. The van der Waals surface area contributed by atoms with Crippen LogP contribution in [0.15, 0.2) is 30.3 Å². The smallest absolute Gasteiger partial charge is 0.271 e. The van der Waals surface area contributed by atoms with Crippen LogP contribution >= 0.6 is 34.8 Å². The summed E-state index contributed by atoms with van der Waals surface area (Å²) in [5, 5.41) is 6.18. The molecule has 0 fully saturated rings. The fourth-order valence-electron chi connectivity index (χ4n) is 1.99. The van der Waals surface area contributed by atoms with E-state index in [4.69, 9.17) is 39.5 Å². The van der Waals surface area contributed by atoms with Gasteiger partial charge in [-0.25, -0.2) is 4.98 Å². The Balaban J connectivity index is 1.85. The highest BCUT2D eigenvalue weighted by Gasteiger charge is 2.14. The van der Waals surface area contributed by atoms with Gasteiger partial charge in [-0.15, -0.1) is 0 Å². The summed E-state index contributed by atoms with van der Waals surface area (Å²) in [7, 11) is 0. The molecular formula is C17H16Cl3N3O3. The molecule has 9 heteroatoms. The molecule has 1 aromatic heterocycles. The summed E-state index contributed by atoms with van der Waals surface area (Å²) in [5.41, 5.74) is 0.438. The fraction of sp³-hybridized carbons (Fsp3) is 0.235. The van der Waals surface area contributed by atoms with Crippen molar-refractivity contribution < 1.29 is 14.3 Å². The molecular weight excluding hydrogens is 401 g/mol. The van der Waals surface area contributed by atoms with Crippen molar-refractivity contribution in [3.63, 3.8) is 0 Å². The van der Waals surface area contributed by atoms with Crippen LogP contribution in [0.2, 0.25) is 15.1 Å². The third kappa shape index (κ3) is 5.49. The average molecular weight is 417 g/mol. The van der Waals surface area contributed by atoms with E-state index in [1.54, 1.807) is 24.3 Å².